The Morgan fingerprint density at radius 3 is 2.93 bits per heavy atom. The van der Waals surface area contributed by atoms with Crippen LogP contribution in [0.25, 0.3) is 0 Å². The Hall–Kier alpha value is -1.60. The van der Waals surface area contributed by atoms with E-state index in [1.54, 1.807) is 16.7 Å². The molecule has 1 aromatic heterocycles. The van der Waals surface area contributed by atoms with Crippen LogP contribution in [-0.2, 0) is 4.79 Å². The van der Waals surface area contributed by atoms with Gasteiger partial charge in [-0.1, -0.05) is 37.1 Å². The van der Waals surface area contributed by atoms with Crippen LogP contribution < -0.4 is 5.32 Å². The Balaban J connectivity index is 1.27. The normalized spacial score (nSPS) is 37.4. The molecule has 0 aromatic carbocycles. The van der Waals surface area contributed by atoms with E-state index in [2.05, 4.69) is 5.32 Å². The second-order valence-corrected chi connectivity index (χ2v) is 11.5. The minimum atomic E-state index is -0.560. The zero-order chi connectivity index (χ0) is 20.7. The van der Waals surface area contributed by atoms with E-state index in [4.69, 9.17) is 4.99 Å². The number of hydrogen-bond donors (Lipinski definition) is 1. The quantitative estimate of drug-likeness (QED) is 0.738. The van der Waals surface area contributed by atoms with Crippen LogP contribution in [0.3, 0.4) is 0 Å². The molecule has 1 N–H and O–H groups in total. The molecule has 2 amide bonds. The highest BCUT2D eigenvalue weighted by Crippen LogP contribution is 2.45. The van der Waals surface area contributed by atoms with Gasteiger partial charge in [-0.05, 0) is 55.9 Å². The summed E-state index contributed by atoms with van der Waals surface area (Å²) in [4.78, 5) is 32.3. The molecule has 30 heavy (non-hydrogen) atoms. The van der Waals surface area contributed by atoms with E-state index in [0.29, 0.717) is 18.5 Å². The lowest BCUT2D eigenvalue weighted by Gasteiger charge is -2.33. The third kappa shape index (κ3) is 3.75. The number of allylic oxidation sites excluding steroid dienone is 1. The van der Waals surface area contributed by atoms with Crippen molar-refractivity contribution in [3.05, 3.63) is 34.7 Å². The molecule has 5 unspecified atom stereocenters. The topological polar surface area (TPSA) is 61.8 Å². The van der Waals surface area contributed by atoms with Crippen LogP contribution in [0.15, 0.2) is 34.1 Å². The first-order chi connectivity index (χ1) is 14.5. The Kier molecular flexibility index (Phi) is 5.52. The first-order valence-electron chi connectivity index (χ1n) is 11.1. The number of hydrogen-bond acceptors (Lipinski definition) is 5. The monoisotopic (exact) mass is 443 g/mol. The van der Waals surface area contributed by atoms with Crippen molar-refractivity contribution in [3.8, 4) is 0 Å². The van der Waals surface area contributed by atoms with E-state index >= 15 is 0 Å². The number of amidine groups is 1. The molecule has 1 aromatic rings. The number of aliphatic imine (C=N–C) groups is 1. The van der Waals surface area contributed by atoms with Gasteiger partial charge in [0.05, 0.1) is 11.6 Å². The molecule has 1 saturated heterocycles. The molecule has 2 aliphatic carbocycles. The predicted molar refractivity (Wildman–Crippen MR) is 123 cm³/mol. The van der Waals surface area contributed by atoms with Crippen LogP contribution in [0.2, 0.25) is 0 Å². The second kappa shape index (κ2) is 8.15. The van der Waals surface area contributed by atoms with Crippen LogP contribution in [0.4, 0.5) is 0 Å². The number of carbonyl (C=O) groups excluding carboxylic acids is 2. The fraction of sp³-hybridized carbons (Fsp3) is 0.609. The molecule has 0 radical (unpaired) electrons. The van der Waals surface area contributed by atoms with Crippen LogP contribution >= 0.6 is 23.1 Å². The molecule has 5 rings (SSSR count). The summed E-state index contributed by atoms with van der Waals surface area (Å²) in [6.45, 7) is 2.66. The summed E-state index contributed by atoms with van der Waals surface area (Å²) in [7, 11) is 0. The minimum Gasteiger partial charge on any atom is -0.315 e. The highest BCUT2D eigenvalue weighted by molar-refractivity contribution is 8.16. The molecule has 160 valence electrons. The summed E-state index contributed by atoms with van der Waals surface area (Å²) in [5.41, 5.74) is 0.731. The minimum absolute atomic E-state index is 0.0325. The number of carbonyl (C=O) groups is 2. The maximum Gasteiger partial charge on any atom is 0.258 e. The Morgan fingerprint density at radius 2 is 2.17 bits per heavy atom. The summed E-state index contributed by atoms with van der Waals surface area (Å²) >= 11 is 3.13. The van der Waals surface area contributed by atoms with Crippen molar-refractivity contribution in [2.75, 3.05) is 6.54 Å². The molecule has 7 heteroatoms. The number of thiophene rings is 1. The van der Waals surface area contributed by atoms with Crippen LogP contribution in [0, 0.1) is 17.8 Å². The number of rotatable bonds is 3. The molecular weight excluding hydrogens is 414 g/mol. The van der Waals surface area contributed by atoms with Gasteiger partial charge in [-0.3, -0.25) is 14.6 Å². The van der Waals surface area contributed by atoms with Crippen molar-refractivity contribution in [1.82, 2.24) is 10.2 Å². The molecule has 4 aliphatic rings. The molecule has 5 nitrogen and oxygen atoms in total. The van der Waals surface area contributed by atoms with E-state index in [0.717, 1.165) is 29.5 Å². The molecular formula is C23H29N3O2S2. The Labute approximate surface area is 186 Å². The van der Waals surface area contributed by atoms with Crippen molar-refractivity contribution < 1.29 is 9.59 Å². The zero-order valence-corrected chi connectivity index (χ0v) is 19.0. The van der Waals surface area contributed by atoms with Crippen molar-refractivity contribution in [3.63, 3.8) is 0 Å². The molecule has 2 aliphatic heterocycles. The van der Waals surface area contributed by atoms with Gasteiger partial charge in [-0.15, -0.1) is 0 Å². The summed E-state index contributed by atoms with van der Waals surface area (Å²) < 4.78 is -0.560. The van der Waals surface area contributed by atoms with E-state index in [9.17, 15) is 9.59 Å². The largest absolute Gasteiger partial charge is 0.315 e. The SMILES string of the molecule is CC1(C2C=CN(C(=O)c3ccsc3)CC2)SC(=NC2CCCC3CCC2C3)NC1=O. The van der Waals surface area contributed by atoms with Gasteiger partial charge < -0.3 is 10.2 Å². The van der Waals surface area contributed by atoms with Crippen LogP contribution in [0.5, 0.6) is 0 Å². The van der Waals surface area contributed by atoms with Crippen molar-refractivity contribution in [1.29, 1.82) is 0 Å². The second-order valence-electron chi connectivity index (χ2n) is 9.28. The lowest BCUT2D eigenvalue weighted by Crippen LogP contribution is -2.43. The van der Waals surface area contributed by atoms with E-state index in [1.807, 2.05) is 36.0 Å². The lowest BCUT2D eigenvalue weighted by molar-refractivity contribution is -0.122. The number of amides is 2. The number of nitrogens with one attached hydrogen (secondary N) is 1. The maximum atomic E-state index is 13.0. The fourth-order valence-corrected chi connectivity index (χ4v) is 7.39. The van der Waals surface area contributed by atoms with Gasteiger partial charge in [0.1, 0.15) is 4.75 Å². The molecule has 5 atom stereocenters. The third-order valence-corrected chi connectivity index (χ3v) is 9.41. The molecule has 3 heterocycles. The molecule has 3 fully saturated rings. The summed E-state index contributed by atoms with van der Waals surface area (Å²) in [6.07, 6.45) is 12.4. The predicted octanol–water partition coefficient (Wildman–Crippen LogP) is 4.67. The first kappa shape index (κ1) is 20.3. The summed E-state index contributed by atoms with van der Waals surface area (Å²) in [6, 6.07) is 2.22. The van der Waals surface area contributed by atoms with Gasteiger partial charge in [-0.25, -0.2) is 0 Å². The number of nitrogens with zero attached hydrogens (tertiary/aromatic N) is 2. The third-order valence-electron chi connectivity index (χ3n) is 7.42. The average Bonchev–Trinajstić information content (AvgIpc) is 3.45. The smallest absolute Gasteiger partial charge is 0.258 e. The van der Waals surface area contributed by atoms with E-state index < -0.39 is 4.75 Å². The highest BCUT2D eigenvalue weighted by atomic mass is 32.2. The van der Waals surface area contributed by atoms with E-state index in [1.165, 1.54) is 43.4 Å². The van der Waals surface area contributed by atoms with Gasteiger partial charge in [0.2, 0.25) is 5.91 Å². The van der Waals surface area contributed by atoms with E-state index in [-0.39, 0.29) is 17.7 Å². The standard InChI is InChI=1S/C23H29N3O2S2/c1-23(18-7-10-26(11-8-18)20(27)17-9-12-29-14-17)21(28)25-22(30-23)24-19-4-2-3-15-5-6-16(19)13-15/h7,9-10,12,14-16,18-19H,2-6,8,11,13H2,1H3,(H,24,25,28). The van der Waals surface area contributed by atoms with Crippen molar-refractivity contribution in [2.45, 2.75) is 62.7 Å². The Morgan fingerprint density at radius 1 is 1.27 bits per heavy atom. The lowest BCUT2D eigenvalue weighted by atomic mass is 9.87. The van der Waals surface area contributed by atoms with Gasteiger partial charge in [-0.2, -0.15) is 11.3 Å². The Bertz CT molecular complexity index is 881. The van der Waals surface area contributed by atoms with Gasteiger partial charge in [0, 0.05) is 24.0 Å². The van der Waals surface area contributed by atoms with Gasteiger partial charge >= 0.3 is 0 Å². The first-order valence-corrected chi connectivity index (χ1v) is 12.9. The molecule has 2 bridgehead atoms. The number of fused-ring (bicyclic) bond motifs is 2. The summed E-state index contributed by atoms with van der Waals surface area (Å²) in [5.74, 6) is 1.78. The molecule has 0 spiro atoms. The van der Waals surface area contributed by atoms with Gasteiger partial charge in [0.25, 0.3) is 5.91 Å². The van der Waals surface area contributed by atoms with Gasteiger partial charge in [0.15, 0.2) is 5.17 Å². The average molecular weight is 444 g/mol. The highest BCUT2D eigenvalue weighted by Gasteiger charge is 2.48. The fourth-order valence-electron chi connectivity index (χ4n) is 5.53. The maximum absolute atomic E-state index is 13.0. The number of thioether (sulfide) groups is 1. The molecule has 2 saturated carbocycles. The summed E-state index contributed by atoms with van der Waals surface area (Å²) in [5, 5.41) is 7.70. The van der Waals surface area contributed by atoms with Crippen LogP contribution in [0.1, 0.15) is 62.2 Å². The van der Waals surface area contributed by atoms with Crippen LogP contribution in [-0.4, -0.2) is 39.2 Å². The van der Waals surface area contributed by atoms with Crippen molar-refractivity contribution >= 4 is 40.1 Å². The van der Waals surface area contributed by atoms with Crippen molar-refractivity contribution in [2.24, 2.45) is 22.7 Å². The zero-order valence-electron chi connectivity index (χ0n) is 17.4.